The quantitative estimate of drug-likeness (QED) is 0.744. The molecule has 0 fully saturated rings. The molecule has 0 aliphatic carbocycles. The highest BCUT2D eigenvalue weighted by atomic mass is 35.5. The lowest BCUT2D eigenvalue weighted by Crippen LogP contribution is -1.99. The molecule has 3 nitrogen and oxygen atoms in total. The molecule has 1 N–H and O–H groups in total. The van der Waals surface area contributed by atoms with Crippen LogP contribution >= 0.6 is 11.6 Å². The van der Waals surface area contributed by atoms with Crippen LogP contribution in [-0.2, 0) is 0 Å². The van der Waals surface area contributed by atoms with Gasteiger partial charge in [0, 0.05) is 16.5 Å². The van der Waals surface area contributed by atoms with E-state index < -0.39 is 0 Å². The molecule has 1 aromatic heterocycles. The zero-order valence-corrected chi connectivity index (χ0v) is 12.1. The van der Waals surface area contributed by atoms with Crippen LogP contribution in [0.2, 0.25) is 5.15 Å². The SMILES string of the molecule is Cc1ccc(Nc2nnc(Cl)c3ccccc23)c(C)c1. The molecule has 20 heavy (non-hydrogen) atoms. The summed E-state index contributed by atoms with van der Waals surface area (Å²) in [6.45, 7) is 4.15. The number of nitrogens with one attached hydrogen (secondary N) is 1. The van der Waals surface area contributed by atoms with E-state index in [0.717, 1.165) is 22.3 Å². The van der Waals surface area contributed by atoms with E-state index in [2.05, 4.69) is 47.6 Å². The van der Waals surface area contributed by atoms with Gasteiger partial charge in [0.25, 0.3) is 0 Å². The first-order valence-electron chi connectivity index (χ1n) is 6.40. The molecule has 0 saturated carbocycles. The average molecular weight is 284 g/mol. The molecule has 1 heterocycles. The Labute approximate surface area is 122 Å². The summed E-state index contributed by atoms with van der Waals surface area (Å²) >= 11 is 6.08. The summed E-state index contributed by atoms with van der Waals surface area (Å²) in [6.07, 6.45) is 0. The summed E-state index contributed by atoms with van der Waals surface area (Å²) < 4.78 is 0. The maximum atomic E-state index is 6.08. The number of hydrogen-bond donors (Lipinski definition) is 1. The third kappa shape index (κ3) is 2.32. The van der Waals surface area contributed by atoms with Crippen LogP contribution in [0.3, 0.4) is 0 Å². The molecule has 0 unspecified atom stereocenters. The first-order valence-corrected chi connectivity index (χ1v) is 6.78. The van der Waals surface area contributed by atoms with Crippen molar-refractivity contribution in [1.29, 1.82) is 0 Å². The number of rotatable bonds is 2. The standard InChI is InChI=1S/C16H14ClN3/c1-10-7-8-14(11(2)9-10)18-16-13-6-4-3-5-12(13)15(17)19-20-16/h3-9H,1-2H3,(H,18,20). The number of aromatic nitrogens is 2. The number of anilines is 2. The van der Waals surface area contributed by atoms with E-state index in [4.69, 9.17) is 11.6 Å². The molecule has 0 bridgehead atoms. The largest absolute Gasteiger partial charge is 0.338 e. The molecular formula is C16H14ClN3. The molecule has 0 radical (unpaired) electrons. The second-order valence-corrected chi connectivity index (χ2v) is 5.19. The first kappa shape index (κ1) is 12.9. The van der Waals surface area contributed by atoms with E-state index in [1.54, 1.807) is 0 Å². The van der Waals surface area contributed by atoms with E-state index in [0.29, 0.717) is 5.15 Å². The topological polar surface area (TPSA) is 37.8 Å². The Morgan fingerprint density at radius 3 is 2.45 bits per heavy atom. The molecule has 0 spiro atoms. The monoisotopic (exact) mass is 283 g/mol. The Kier molecular flexibility index (Phi) is 3.28. The molecule has 0 aliphatic rings. The third-order valence-corrected chi connectivity index (χ3v) is 3.56. The highest BCUT2D eigenvalue weighted by Crippen LogP contribution is 2.28. The molecule has 3 rings (SSSR count). The lowest BCUT2D eigenvalue weighted by Gasteiger charge is -2.11. The minimum absolute atomic E-state index is 0.423. The summed E-state index contributed by atoms with van der Waals surface area (Å²) in [5.41, 5.74) is 3.43. The predicted octanol–water partition coefficient (Wildman–Crippen LogP) is 4.64. The number of nitrogens with zero attached hydrogens (tertiary/aromatic N) is 2. The van der Waals surface area contributed by atoms with Gasteiger partial charge in [-0.15, -0.1) is 10.2 Å². The number of benzene rings is 2. The van der Waals surface area contributed by atoms with Gasteiger partial charge in [-0.05, 0) is 25.5 Å². The van der Waals surface area contributed by atoms with Crippen molar-refractivity contribution in [2.75, 3.05) is 5.32 Å². The van der Waals surface area contributed by atoms with Gasteiger partial charge in [0.15, 0.2) is 11.0 Å². The molecule has 0 saturated heterocycles. The van der Waals surface area contributed by atoms with Crippen molar-refractivity contribution < 1.29 is 0 Å². The molecule has 0 atom stereocenters. The van der Waals surface area contributed by atoms with Gasteiger partial charge in [-0.2, -0.15) is 0 Å². The van der Waals surface area contributed by atoms with Gasteiger partial charge in [0.2, 0.25) is 0 Å². The second kappa shape index (κ2) is 5.10. The van der Waals surface area contributed by atoms with Crippen molar-refractivity contribution in [3.63, 3.8) is 0 Å². The Hall–Kier alpha value is -2.13. The van der Waals surface area contributed by atoms with Crippen LogP contribution in [0.5, 0.6) is 0 Å². The van der Waals surface area contributed by atoms with Crippen LogP contribution < -0.4 is 5.32 Å². The van der Waals surface area contributed by atoms with Crippen LogP contribution in [0.1, 0.15) is 11.1 Å². The predicted molar refractivity (Wildman–Crippen MR) is 83.7 cm³/mol. The van der Waals surface area contributed by atoms with E-state index in [1.807, 2.05) is 24.3 Å². The molecule has 4 heteroatoms. The zero-order chi connectivity index (χ0) is 14.1. The van der Waals surface area contributed by atoms with Crippen LogP contribution in [0.25, 0.3) is 10.8 Å². The minimum atomic E-state index is 0.423. The van der Waals surface area contributed by atoms with Crippen molar-refractivity contribution in [2.45, 2.75) is 13.8 Å². The lowest BCUT2D eigenvalue weighted by molar-refractivity contribution is 1.05. The first-order chi connectivity index (χ1) is 9.65. The van der Waals surface area contributed by atoms with E-state index >= 15 is 0 Å². The fourth-order valence-electron chi connectivity index (χ4n) is 2.24. The number of halogens is 1. The van der Waals surface area contributed by atoms with E-state index in [9.17, 15) is 0 Å². The van der Waals surface area contributed by atoms with Gasteiger partial charge >= 0.3 is 0 Å². The smallest absolute Gasteiger partial charge is 0.161 e. The molecule has 0 amide bonds. The number of hydrogen-bond acceptors (Lipinski definition) is 3. The third-order valence-electron chi connectivity index (χ3n) is 3.28. The van der Waals surface area contributed by atoms with Gasteiger partial charge in [-0.3, -0.25) is 0 Å². The molecule has 2 aromatic carbocycles. The van der Waals surface area contributed by atoms with Crippen molar-refractivity contribution in [3.05, 3.63) is 58.7 Å². The fraction of sp³-hybridized carbons (Fsp3) is 0.125. The lowest BCUT2D eigenvalue weighted by atomic mass is 10.1. The summed E-state index contributed by atoms with van der Waals surface area (Å²) in [6, 6.07) is 14.1. The van der Waals surface area contributed by atoms with E-state index in [1.165, 1.54) is 11.1 Å². The van der Waals surface area contributed by atoms with Crippen molar-refractivity contribution in [3.8, 4) is 0 Å². The Bertz CT molecular complexity index is 784. The summed E-state index contributed by atoms with van der Waals surface area (Å²) in [5, 5.41) is 13.8. The van der Waals surface area contributed by atoms with Gasteiger partial charge in [-0.25, -0.2) is 0 Å². The fourth-order valence-corrected chi connectivity index (χ4v) is 2.45. The summed E-state index contributed by atoms with van der Waals surface area (Å²) in [4.78, 5) is 0. The van der Waals surface area contributed by atoms with Gasteiger partial charge in [0.1, 0.15) is 0 Å². The van der Waals surface area contributed by atoms with E-state index in [-0.39, 0.29) is 0 Å². The maximum absolute atomic E-state index is 6.08. The summed E-state index contributed by atoms with van der Waals surface area (Å²) in [5.74, 6) is 0.719. The highest BCUT2D eigenvalue weighted by molar-refractivity contribution is 6.34. The van der Waals surface area contributed by atoms with Crippen molar-refractivity contribution in [1.82, 2.24) is 10.2 Å². The zero-order valence-electron chi connectivity index (χ0n) is 11.3. The average Bonchev–Trinajstić information content (AvgIpc) is 2.45. The van der Waals surface area contributed by atoms with Gasteiger partial charge in [-0.1, -0.05) is 53.6 Å². The van der Waals surface area contributed by atoms with Crippen LogP contribution in [0.4, 0.5) is 11.5 Å². The molecule has 100 valence electrons. The number of aryl methyl sites for hydroxylation is 2. The summed E-state index contributed by atoms with van der Waals surface area (Å²) in [7, 11) is 0. The normalized spacial score (nSPS) is 10.8. The van der Waals surface area contributed by atoms with Crippen molar-refractivity contribution >= 4 is 33.9 Å². The Morgan fingerprint density at radius 1 is 0.950 bits per heavy atom. The van der Waals surface area contributed by atoms with Gasteiger partial charge < -0.3 is 5.32 Å². The molecular weight excluding hydrogens is 270 g/mol. The van der Waals surface area contributed by atoms with Gasteiger partial charge in [0.05, 0.1) is 0 Å². The van der Waals surface area contributed by atoms with Crippen LogP contribution in [0, 0.1) is 13.8 Å². The van der Waals surface area contributed by atoms with Crippen LogP contribution in [-0.4, -0.2) is 10.2 Å². The maximum Gasteiger partial charge on any atom is 0.161 e. The Morgan fingerprint density at radius 2 is 1.70 bits per heavy atom. The highest BCUT2D eigenvalue weighted by Gasteiger charge is 2.08. The van der Waals surface area contributed by atoms with Crippen molar-refractivity contribution in [2.24, 2.45) is 0 Å². The van der Waals surface area contributed by atoms with Crippen LogP contribution in [0.15, 0.2) is 42.5 Å². The Balaban J connectivity index is 2.09. The minimum Gasteiger partial charge on any atom is -0.338 e. The molecule has 3 aromatic rings. The molecule has 0 aliphatic heterocycles. The second-order valence-electron chi connectivity index (χ2n) is 4.83. The number of fused-ring (bicyclic) bond motifs is 1.